The van der Waals surface area contributed by atoms with Crippen molar-refractivity contribution in [2.75, 3.05) is 54.5 Å². The van der Waals surface area contributed by atoms with Gasteiger partial charge in [-0.2, -0.15) is 15.0 Å². The SMILES string of the molecule is O=C(NCc1nc(N2CCCC2)nc(N2CCOCC2)n1)Nc1cccs1. The normalized spacial score (nSPS) is 17.2. The zero-order chi connectivity index (χ0) is 18.5. The molecule has 2 saturated heterocycles. The molecule has 2 N–H and O–H groups in total. The second kappa shape index (κ2) is 8.49. The van der Waals surface area contributed by atoms with Crippen molar-refractivity contribution in [2.24, 2.45) is 0 Å². The Morgan fingerprint density at radius 1 is 1.07 bits per heavy atom. The lowest BCUT2D eigenvalue weighted by Crippen LogP contribution is -2.38. The number of ether oxygens (including phenoxy) is 1. The molecule has 0 aliphatic carbocycles. The van der Waals surface area contributed by atoms with E-state index in [1.165, 1.54) is 11.3 Å². The minimum Gasteiger partial charge on any atom is -0.378 e. The van der Waals surface area contributed by atoms with Crippen LogP contribution in [0.25, 0.3) is 0 Å². The highest BCUT2D eigenvalue weighted by atomic mass is 32.1. The molecule has 4 rings (SSSR count). The van der Waals surface area contributed by atoms with Crippen LogP contribution in [0.2, 0.25) is 0 Å². The lowest BCUT2D eigenvalue weighted by atomic mass is 10.4. The maximum Gasteiger partial charge on any atom is 0.320 e. The summed E-state index contributed by atoms with van der Waals surface area (Å²) in [5.41, 5.74) is 0. The number of hydrogen-bond donors (Lipinski definition) is 2. The Morgan fingerprint density at radius 2 is 1.78 bits per heavy atom. The second-order valence-electron chi connectivity index (χ2n) is 6.43. The first-order valence-electron chi connectivity index (χ1n) is 9.19. The van der Waals surface area contributed by atoms with Crippen LogP contribution in [0.1, 0.15) is 18.7 Å². The summed E-state index contributed by atoms with van der Waals surface area (Å²) >= 11 is 1.48. The van der Waals surface area contributed by atoms with Gasteiger partial charge in [0.05, 0.1) is 24.8 Å². The van der Waals surface area contributed by atoms with Gasteiger partial charge < -0.3 is 19.9 Å². The fourth-order valence-electron chi connectivity index (χ4n) is 3.10. The number of rotatable bonds is 5. The van der Waals surface area contributed by atoms with Crippen LogP contribution in [0.5, 0.6) is 0 Å². The number of carbonyl (C=O) groups excluding carboxylic acids is 1. The Balaban J connectivity index is 1.47. The van der Waals surface area contributed by atoms with Crippen LogP contribution in [0.15, 0.2) is 17.5 Å². The number of aromatic nitrogens is 3. The molecule has 9 nitrogen and oxygen atoms in total. The number of anilines is 3. The topological polar surface area (TPSA) is 95.5 Å². The highest BCUT2D eigenvalue weighted by Crippen LogP contribution is 2.19. The molecular formula is C17H23N7O2S. The van der Waals surface area contributed by atoms with Crippen molar-refractivity contribution in [2.45, 2.75) is 19.4 Å². The van der Waals surface area contributed by atoms with E-state index in [1.54, 1.807) is 0 Å². The van der Waals surface area contributed by atoms with Gasteiger partial charge in [-0.3, -0.25) is 5.32 Å². The van der Waals surface area contributed by atoms with E-state index in [4.69, 9.17) is 4.74 Å². The van der Waals surface area contributed by atoms with Crippen LogP contribution in [0.3, 0.4) is 0 Å². The summed E-state index contributed by atoms with van der Waals surface area (Å²) in [6.07, 6.45) is 2.30. The van der Waals surface area contributed by atoms with Gasteiger partial charge in [0.1, 0.15) is 0 Å². The van der Waals surface area contributed by atoms with Gasteiger partial charge in [-0.15, -0.1) is 11.3 Å². The van der Waals surface area contributed by atoms with Crippen molar-refractivity contribution < 1.29 is 9.53 Å². The fraction of sp³-hybridized carbons (Fsp3) is 0.529. The van der Waals surface area contributed by atoms with Crippen LogP contribution < -0.4 is 20.4 Å². The summed E-state index contributed by atoms with van der Waals surface area (Å²) in [6, 6.07) is 3.48. The number of nitrogens with zero attached hydrogens (tertiary/aromatic N) is 5. The van der Waals surface area contributed by atoms with E-state index >= 15 is 0 Å². The Labute approximate surface area is 161 Å². The van der Waals surface area contributed by atoms with E-state index in [9.17, 15) is 4.79 Å². The first kappa shape index (κ1) is 17.9. The summed E-state index contributed by atoms with van der Waals surface area (Å²) in [5.74, 6) is 1.92. The minimum atomic E-state index is -0.270. The first-order chi connectivity index (χ1) is 13.3. The first-order valence-corrected chi connectivity index (χ1v) is 10.1. The van der Waals surface area contributed by atoms with Gasteiger partial charge in [0.15, 0.2) is 5.82 Å². The summed E-state index contributed by atoms with van der Waals surface area (Å²) in [6.45, 7) is 5.02. The van der Waals surface area contributed by atoms with Gasteiger partial charge in [-0.25, -0.2) is 4.79 Å². The van der Waals surface area contributed by atoms with E-state index in [1.807, 2.05) is 17.5 Å². The van der Waals surface area contributed by atoms with Gasteiger partial charge >= 0.3 is 6.03 Å². The van der Waals surface area contributed by atoms with E-state index in [-0.39, 0.29) is 12.6 Å². The van der Waals surface area contributed by atoms with Gasteiger partial charge in [0.25, 0.3) is 0 Å². The Kier molecular flexibility index (Phi) is 5.64. The average molecular weight is 389 g/mol. The highest BCUT2D eigenvalue weighted by molar-refractivity contribution is 7.14. The Hall–Kier alpha value is -2.46. The van der Waals surface area contributed by atoms with Crippen molar-refractivity contribution >= 4 is 34.3 Å². The molecule has 4 heterocycles. The predicted octanol–water partition coefficient (Wildman–Crippen LogP) is 1.69. The molecule has 2 fully saturated rings. The third-order valence-electron chi connectivity index (χ3n) is 4.51. The van der Waals surface area contributed by atoms with E-state index in [0.29, 0.717) is 30.9 Å². The van der Waals surface area contributed by atoms with Gasteiger partial charge in [-0.1, -0.05) is 0 Å². The number of morpholine rings is 1. The maximum atomic E-state index is 12.1. The van der Waals surface area contributed by atoms with Gasteiger partial charge in [0.2, 0.25) is 11.9 Å². The number of nitrogens with one attached hydrogen (secondary N) is 2. The number of carbonyl (C=O) groups is 1. The lowest BCUT2D eigenvalue weighted by Gasteiger charge is -2.28. The van der Waals surface area contributed by atoms with Gasteiger partial charge in [-0.05, 0) is 30.4 Å². The van der Waals surface area contributed by atoms with Crippen molar-refractivity contribution in [1.82, 2.24) is 20.3 Å². The molecule has 2 aromatic rings. The molecule has 0 bridgehead atoms. The molecule has 0 saturated carbocycles. The number of urea groups is 1. The molecule has 0 radical (unpaired) electrons. The van der Waals surface area contributed by atoms with E-state index in [2.05, 4.69) is 35.4 Å². The monoisotopic (exact) mass is 389 g/mol. The molecule has 144 valence electrons. The minimum absolute atomic E-state index is 0.248. The predicted molar refractivity (Wildman–Crippen MR) is 104 cm³/mol. The molecule has 0 spiro atoms. The molecule has 27 heavy (non-hydrogen) atoms. The smallest absolute Gasteiger partial charge is 0.320 e. The van der Waals surface area contributed by atoms with Crippen LogP contribution in [-0.4, -0.2) is 60.4 Å². The molecular weight excluding hydrogens is 366 g/mol. The molecule has 2 aliphatic rings. The molecule has 0 atom stereocenters. The highest BCUT2D eigenvalue weighted by Gasteiger charge is 2.21. The standard InChI is InChI=1S/C17H23N7O2S/c25-17(21-14-4-3-11-27-14)18-12-13-19-15(23-5-1-2-6-23)22-16(20-13)24-7-9-26-10-8-24/h3-4,11H,1-2,5-10,12H2,(H2,18,21,25). The summed E-state index contributed by atoms with van der Waals surface area (Å²) < 4.78 is 5.42. The summed E-state index contributed by atoms with van der Waals surface area (Å²) in [4.78, 5) is 30.2. The van der Waals surface area contributed by atoms with E-state index < -0.39 is 0 Å². The molecule has 10 heteroatoms. The molecule has 2 aromatic heterocycles. The van der Waals surface area contributed by atoms with Crippen molar-refractivity contribution in [1.29, 1.82) is 0 Å². The summed E-state index contributed by atoms with van der Waals surface area (Å²) in [7, 11) is 0. The third-order valence-corrected chi connectivity index (χ3v) is 5.29. The van der Waals surface area contributed by atoms with Gasteiger partial charge in [0, 0.05) is 26.2 Å². The van der Waals surface area contributed by atoms with Crippen molar-refractivity contribution in [3.05, 3.63) is 23.3 Å². The number of hydrogen-bond acceptors (Lipinski definition) is 8. The van der Waals surface area contributed by atoms with Crippen LogP contribution in [0.4, 0.5) is 21.7 Å². The number of amides is 2. The average Bonchev–Trinajstić information content (AvgIpc) is 3.41. The summed E-state index contributed by atoms with van der Waals surface area (Å²) in [5, 5.41) is 8.34. The maximum absolute atomic E-state index is 12.1. The zero-order valence-corrected chi connectivity index (χ0v) is 15.9. The fourth-order valence-corrected chi connectivity index (χ4v) is 3.72. The van der Waals surface area contributed by atoms with Crippen LogP contribution >= 0.6 is 11.3 Å². The molecule has 2 aliphatic heterocycles. The largest absolute Gasteiger partial charge is 0.378 e. The molecule has 0 unspecified atom stereocenters. The Bertz CT molecular complexity index is 759. The lowest BCUT2D eigenvalue weighted by molar-refractivity contribution is 0.122. The third kappa shape index (κ3) is 4.64. The van der Waals surface area contributed by atoms with Crippen molar-refractivity contribution in [3.8, 4) is 0 Å². The second-order valence-corrected chi connectivity index (χ2v) is 7.38. The van der Waals surface area contributed by atoms with Crippen molar-refractivity contribution in [3.63, 3.8) is 0 Å². The molecule has 0 aromatic carbocycles. The quantitative estimate of drug-likeness (QED) is 0.803. The number of thiophene rings is 1. The van der Waals surface area contributed by atoms with Crippen LogP contribution in [-0.2, 0) is 11.3 Å². The van der Waals surface area contributed by atoms with Crippen LogP contribution in [0, 0.1) is 0 Å². The zero-order valence-electron chi connectivity index (χ0n) is 15.1. The Morgan fingerprint density at radius 3 is 2.44 bits per heavy atom. The molecule has 2 amide bonds. The van der Waals surface area contributed by atoms with E-state index in [0.717, 1.165) is 44.0 Å².